The predicted molar refractivity (Wildman–Crippen MR) is 71.7 cm³/mol. The third kappa shape index (κ3) is 2.47. The van der Waals surface area contributed by atoms with Crippen LogP contribution in [-0.2, 0) is 0 Å². The first-order chi connectivity index (χ1) is 8.81. The van der Waals surface area contributed by atoms with Gasteiger partial charge in [0.1, 0.15) is 5.52 Å². The largest absolute Gasteiger partial charge is 0.441 e. The quantitative estimate of drug-likeness (QED) is 0.857. The Balaban J connectivity index is 1.66. The number of hydrogen-bond donors (Lipinski definition) is 2. The van der Waals surface area contributed by atoms with Crippen molar-refractivity contribution >= 4 is 16.8 Å². The maximum absolute atomic E-state index is 5.53. The fraction of sp³-hybridized carbons (Fsp3) is 0.462. The molecule has 1 aliphatic heterocycles. The molecule has 5 heteroatoms. The molecule has 0 radical (unpaired) electrons. The Kier molecular flexibility index (Phi) is 3.17. The van der Waals surface area contributed by atoms with E-state index in [2.05, 4.69) is 20.5 Å². The zero-order chi connectivity index (χ0) is 12.4. The molecule has 0 atom stereocenters. The minimum Gasteiger partial charge on any atom is -0.441 e. The number of oxazole rings is 1. The summed E-state index contributed by atoms with van der Waals surface area (Å²) in [6.07, 6.45) is 0. The van der Waals surface area contributed by atoms with Gasteiger partial charge in [-0.1, -0.05) is 0 Å². The first-order valence-electron chi connectivity index (χ1n) is 6.35. The van der Waals surface area contributed by atoms with Crippen LogP contribution in [0.25, 0.3) is 11.1 Å². The van der Waals surface area contributed by atoms with Crippen LogP contribution in [0.15, 0.2) is 22.6 Å². The molecule has 0 aliphatic carbocycles. The smallest absolute Gasteiger partial charge is 0.192 e. The summed E-state index contributed by atoms with van der Waals surface area (Å²) < 4.78 is 5.53. The molecule has 0 bridgehead atoms. The number of nitrogens with zero attached hydrogens (tertiary/aromatic N) is 2. The average molecular weight is 246 g/mol. The number of rotatable bonds is 3. The van der Waals surface area contributed by atoms with E-state index in [4.69, 9.17) is 4.42 Å². The molecule has 1 saturated heterocycles. The zero-order valence-corrected chi connectivity index (χ0v) is 10.6. The van der Waals surface area contributed by atoms with Crippen molar-refractivity contribution in [2.75, 3.05) is 38.2 Å². The first kappa shape index (κ1) is 11.5. The van der Waals surface area contributed by atoms with Crippen molar-refractivity contribution in [3.05, 3.63) is 24.1 Å². The molecule has 3 rings (SSSR count). The fourth-order valence-corrected chi connectivity index (χ4v) is 2.22. The fourth-order valence-electron chi connectivity index (χ4n) is 2.22. The lowest BCUT2D eigenvalue weighted by Crippen LogP contribution is -2.45. The van der Waals surface area contributed by atoms with E-state index in [0.717, 1.165) is 49.6 Å². The van der Waals surface area contributed by atoms with E-state index < -0.39 is 0 Å². The summed E-state index contributed by atoms with van der Waals surface area (Å²) in [7, 11) is 0. The van der Waals surface area contributed by atoms with Crippen LogP contribution in [0.2, 0.25) is 0 Å². The Morgan fingerprint density at radius 1 is 1.39 bits per heavy atom. The van der Waals surface area contributed by atoms with Crippen molar-refractivity contribution in [2.45, 2.75) is 6.92 Å². The number of fused-ring (bicyclic) bond motifs is 1. The molecule has 2 N–H and O–H groups in total. The van der Waals surface area contributed by atoms with Crippen LogP contribution in [0.5, 0.6) is 0 Å². The van der Waals surface area contributed by atoms with Gasteiger partial charge in [-0.05, 0) is 12.1 Å². The number of anilines is 1. The molecule has 1 aliphatic rings. The summed E-state index contributed by atoms with van der Waals surface area (Å²) >= 11 is 0. The highest BCUT2D eigenvalue weighted by atomic mass is 16.3. The Labute approximate surface area is 106 Å². The van der Waals surface area contributed by atoms with Crippen molar-refractivity contribution < 1.29 is 4.42 Å². The first-order valence-corrected chi connectivity index (χ1v) is 6.35. The lowest BCUT2D eigenvalue weighted by molar-refractivity contribution is 0.256. The van der Waals surface area contributed by atoms with Crippen molar-refractivity contribution in [3.8, 4) is 0 Å². The van der Waals surface area contributed by atoms with Crippen molar-refractivity contribution in [2.24, 2.45) is 0 Å². The van der Waals surface area contributed by atoms with Crippen molar-refractivity contribution in [3.63, 3.8) is 0 Å². The molecule has 0 spiro atoms. The van der Waals surface area contributed by atoms with Gasteiger partial charge >= 0.3 is 0 Å². The zero-order valence-electron chi connectivity index (χ0n) is 10.6. The maximum atomic E-state index is 5.53. The van der Waals surface area contributed by atoms with Crippen LogP contribution >= 0.6 is 0 Å². The second-order valence-electron chi connectivity index (χ2n) is 4.62. The van der Waals surface area contributed by atoms with E-state index in [9.17, 15) is 0 Å². The Morgan fingerprint density at radius 2 is 2.22 bits per heavy atom. The van der Waals surface area contributed by atoms with Gasteiger partial charge < -0.3 is 15.1 Å². The van der Waals surface area contributed by atoms with E-state index in [1.165, 1.54) is 0 Å². The van der Waals surface area contributed by atoms with E-state index in [1.54, 1.807) is 0 Å². The second kappa shape index (κ2) is 4.96. The second-order valence-corrected chi connectivity index (χ2v) is 4.62. The van der Waals surface area contributed by atoms with E-state index in [1.807, 2.05) is 25.1 Å². The minimum absolute atomic E-state index is 0.712. The highest BCUT2D eigenvalue weighted by molar-refractivity contribution is 5.77. The number of hydrogen-bond acceptors (Lipinski definition) is 5. The number of benzene rings is 1. The minimum atomic E-state index is 0.712. The van der Waals surface area contributed by atoms with E-state index >= 15 is 0 Å². The van der Waals surface area contributed by atoms with Crippen LogP contribution < -0.4 is 10.6 Å². The maximum Gasteiger partial charge on any atom is 0.192 e. The molecule has 5 nitrogen and oxygen atoms in total. The summed E-state index contributed by atoms with van der Waals surface area (Å²) in [5.41, 5.74) is 2.84. The number of aryl methyl sites for hydroxylation is 1. The van der Waals surface area contributed by atoms with Gasteiger partial charge in [0, 0.05) is 44.9 Å². The molecule has 1 fully saturated rings. The molecule has 0 amide bonds. The monoisotopic (exact) mass is 246 g/mol. The third-order valence-electron chi connectivity index (χ3n) is 3.21. The van der Waals surface area contributed by atoms with Gasteiger partial charge in [0.05, 0.1) is 6.67 Å². The van der Waals surface area contributed by atoms with E-state index in [-0.39, 0.29) is 0 Å². The summed E-state index contributed by atoms with van der Waals surface area (Å²) in [5.74, 6) is 0.712. The lowest BCUT2D eigenvalue weighted by atomic mass is 10.3. The Bertz CT molecular complexity index is 531. The van der Waals surface area contributed by atoms with Gasteiger partial charge in [0.25, 0.3) is 0 Å². The molecule has 96 valence electrons. The van der Waals surface area contributed by atoms with Gasteiger partial charge in [-0.25, -0.2) is 4.98 Å². The van der Waals surface area contributed by atoms with Crippen molar-refractivity contribution in [1.82, 2.24) is 15.2 Å². The lowest BCUT2D eigenvalue weighted by Gasteiger charge is -2.27. The Morgan fingerprint density at radius 3 is 3.06 bits per heavy atom. The third-order valence-corrected chi connectivity index (χ3v) is 3.21. The highest BCUT2D eigenvalue weighted by Gasteiger charge is 2.09. The van der Waals surface area contributed by atoms with Gasteiger partial charge in [-0.3, -0.25) is 4.90 Å². The van der Waals surface area contributed by atoms with Crippen LogP contribution in [-0.4, -0.2) is 42.7 Å². The van der Waals surface area contributed by atoms with Crippen LogP contribution in [0.1, 0.15) is 5.89 Å². The van der Waals surface area contributed by atoms with Crippen LogP contribution in [0.3, 0.4) is 0 Å². The van der Waals surface area contributed by atoms with Gasteiger partial charge in [0.2, 0.25) is 0 Å². The van der Waals surface area contributed by atoms with Gasteiger partial charge in [0.15, 0.2) is 11.5 Å². The standard InChI is InChI=1S/C13H18N4O/c1-10-16-12-3-2-11(8-13(12)18-10)15-9-17-6-4-14-5-7-17/h2-3,8,14-15H,4-7,9H2,1H3. The summed E-state index contributed by atoms with van der Waals surface area (Å²) in [4.78, 5) is 6.69. The molecular weight excluding hydrogens is 228 g/mol. The molecule has 2 heterocycles. The van der Waals surface area contributed by atoms with Gasteiger partial charge in [-0.15, -0.1) is 0 Å². The molecule has 1 aromatic heterocycles. The topological polar surface area (TPSA) is 53.3 Å². The highest BCUT2D eigenvalue weighted by Crippen LogP contribution is 2.19. The van der Waals surface area contributed by atoms with Gasteiger partial charge in [-0.2, -0.15) is 0 Å². The number of nitrogens with one attached hydrogen (secondary N) is 2. The normalized spacial score (nSPS) is 17.2. The number of aromatic nitrogens is 1. The molecular formula is C13H18N4O. The Hall–Kier alpha value is -1.59. The number of piperazine rings is 1. The van der Waals surface area contributed by atoms with Crippen LogP contribution in [0.4, 0.5) is 5.69 Å². The average Bonchev–Trinajstić information content (AvgIpc) is 2.77. The molecule has 0 unspecified atom stereocenters. The predicted octanol–water partition coefficient (Wildman–Crippen LogP) is 1.41. The molecule has 0 saturated carbocycles. The molecule has 18 heavy (non-hydrogen) atoms. The molecule has 1 aromatic carbocycles. The van der Waals surface area contributed by atoms with Crippen LogP contribution in [0, 0.1) is 6.92 Å². The summed E-state index contributed by atoms with van der Waals surface area (Å²) in [5, 5.41) is 6.77. The SMILES string of the molecule is Cc1nc2ccc(NCN3CCNCC3)cc2o1. The van der Waals surface area contributed by atoms with E-state index in [0.29, 0.717) is 5.89 Å². The summed E-state index contributed by atoms with van der Waals surface area (Å²) in [6.45, 7) is 7.07. The summed E-state index contributed by atoms with van der Waals surface area (Å²) in [6, 6.07) is 6.05. The molecule has 2 aromatic rings. The van der Waals surface area contributed by atoms with Crippen molar-refractivity contribution in [1.29, 1.82) is 0 Å².